The number of hydrogen-bond acceptors (Lipinski definition) is 4. The molecule has 3 fully saturated rings. The van der Waals surface area contributed by atoms with Crippen molar-refractivity contribution in [2.75, 3.05) is 33.0 Å². The summed E-state index contributed by atoms with van der Waals surface area (Å²) in [5.41, 5.74) is 0.866. The van der Waals surface area contributed by atoms with Crippen LogP contribution in [0.4, 0.5) is 0 Å². The highest BCUT2D eigenvalue weighted by Crippen LogP contribution is 2.30. The predicted molar refractivity (Wildman–Crippen MR) is 91.3 cm³/mol. The fourth-order valence-corrected chi connectivity index (χ4v) is 4.65. The molecule has 1 aromatic carbocycles. The molecule has 0 spiro atoms. The van der Waals surface area contributed by atoms with Gasteiger partial charge in [0.25, 0.3) is 0 Å². The maximum Gasteiger partial charge on any atom is 0.227 e. The van der Waals surface area contributed by atoms with E-state index in [1.807, 2.05) is 29.2 Å². The molecule has 3 heterocycles. The molecule has 0 unspecified atom stereocenters. The summed E-state index contributed by atoms with van der Waals surface area (Å²) in [4.78, 5) is 14.7. The smallest absolute Gasteiger partial charge is 0.227 e. The lowest BCUT2D eigenvalue weighted by atomic mass is 9.94. The largest absolute Gasteiger partial charge is 0.496 e. The molecule has 2 atom stereocenters. The van der Waals surface area contributed by atoms with Crippen LogP contribution in [0.3, 0.4) is 0 Å². The second-order valence-corrected chi connectivity index (χ2v) is 8.69. The zero-order valence-electron chi connectivity index (χ0n) is 14.1. The van der Waals surface area contributed by atoms with E-state index < -0.39 is 10.0 Å². The van der Waals surface area contributed by atoms with Gasteiger partial charge in [0, 0.05) is 31.2 Å². The van der Waals surface area contributed by atoms with Crippen LogP contribution in [-0.4, -0.2) is 62.6 Å². The van der Waals surface area contributed by atoms with Crippen molar-refractivity contribution in [1.82, 2.24) is 9.21 Å². The van der Waals surface area contributed by atoms with Gasteiger partial charge in [-0.25, -0.2) is 8.42 Å². The van der Waals surface area contributed by atoms with Gasteiger partial charge in [-0.05, 0) is 24.8 Å². The summed E-state index contributed by atoms with van der Waals surface area (Å²) in [6.45, 7) is 1.57. The molecule has 24 heavy (non-hydrogen) atoms. The Morgan fingerprint density at radius 2 is 1.96 bits per heavy atom. The van der Waals surface area contributed by atoms with E-state index in [0.717, 1.165) is 18.4 Å². The van der Waals surface area contributed by atoms with Gasteiger partial charge >= 0.3 is 0 Å². The van der Waals surface area contributed by atoms with Crippen molar-refractivity contribution in [2.24, 2.45) is 5.92 Å². The van der Waals surface area contributed by atoms with E-state index in [0.29, 0.717) is 25.4 Å². The van der Waals surface area contributed by atoms with E-state index in [-0.39, 0.29) is 24.3 Å². The van der Waals surface area contributed by atoms with Gasteiger partial charge in [-0.15, -0.1) is 0 Å². The summed E-state index contributed by atoms with van der Waals surface area (Å²) >= 11 is 0. The quantitative estimate of drug-likeness (QED) is 0.814. The minimum Gasteiger partial charge on any atom is -0.496 e. The number of fused-ring (bicyclic) bond motifs is 4. The number of carbonyl (C=O) groups excluding carboxylic acids is 1. The zero-order chi connectivity index (χ0) is 17.3. The molecule has 0 aliphatic carbocycles. The first-order valence-corrected chi connectivity index (χ1v) is 10.1. The molecule has 1 amide bonds. The summed E-state index contributed by atoms with van der Waals surface area (Å²) in [5.74, 6) is 0.980. The number of amides is 1. The molecule has 6 nitrogen and oxygen atoms in total. The van der Waals surface area contributed by atoms with Crippen molar-refractivity contribution in [3.8, 4) is 5.75 Å². The molecule has 3 saturated heterocycles. The highest BCUT2D eigenvalue weighted by Gasteiger charge is 2.39. The van der Waals surface area contributed by atoms with Crippen LogP contribution in [0.15, 0.2) is 24.3 Å². The van der Waals surface area contributed by atoms with Crippen molar-refractivity contribution >= 4 is 15.9 Å². The monoisotopic (exact) mass is 352 g/mol. The lowest BCUT2D eigenvalue weighted by Gasteiger charge is -2.36. The fraction of sp³-hybridized carbons (Fsp3) is 0.588. The molecule has 3 aliphatic rings. The van der Waals surface area contributed by atoms with Gasteiger partial charge < -0.3 is 9.64 Å². The number of hydrogen-bond donors (Lipinski definition) is 0. The first kappa shape index (κ1) is 17.2. The maximum atomic E-state index is 12.8. The molecule has 0 radical (unpaired) electrons. The Bertz CT molecular complexity index is 719. The first-order chi connectivity index (χ1) is 11.4. The van der Waals surface area contributed by atoms with E-state index in [4.69, 9.17) is 4.74 Å². The standard InChI is InChI=1S/C17H24N2O4S/c1-23-16-6-4-3-5-14(16)9-17(20)19-11-13-7-8-15(19)12-18(10-13)24(2,21)22/h3-6,13,15H,7-12H2,1-2H3/t13-,15+/m0/s1. The number of methoxy groups -OCH3 is 1. The molecule has 1 aromatic rings. The SMILES string of the molecule is COc1ccccc1CC(=O)N1C[C@H]2CC[C@@H]1CN(S(C)(=O)=O)C2. The number of para-hydroxylation sites is 1. The molecule has 3 aliphatic heterocycles. The van der Waals surface area contributed by atoms with Crippen molar-refractivity contribution in [3.63, 3.8) is 0 Å². The summed E-state index contributed by atoms with van der Waals surface area (Å²) < 4.78 is 30.7. The molecule has 7 heteroatoms. The van der Waals surface area contributed by atoms with Crippen LogP contribution in [0.2, 0.25) is 0 Å². The van der Waals surface area contributed by atoms with Crippen LogP contribution in [0.25, 0.3) is 0 Å². The first-order valence-electron chi connectivity index (χ1n) is 8.25. The van der Waals surface area contributed by atoms with Crippen LogP contribution in [-0.2, 0) is 21.2 Å². The summed E-state index contributed by atoms with van der Waals surface area (Å²) in [6, 6.07) is 7.49. The number of carbonyl (C=O) groups is 1. The summed E-state index contributed by atoms with van der Waals surface area (Å²) in [7, 11) is -1.62. The maximum absolute atomic E-state index is 12.8. The average molecular weight is 352 g/mol. The lowest BCUT2D eigenvalue weighted by Crippen LogP contribution is -2.48. The number of benzene rings is 1. The van der Waals surface area contributed by atoms with Crippen molar-refractivity contribution in [2.45, 2.75) is 25.3 Å². The van der Waals surface area contributed by atoms with Gasteiger partial charge in [0.05, 0.1) is 19.8 Å². The van der Waals surface area contributed by atoms with Crippen LogP contribution < -0.4 is 4.74 Å². The normalized spacial score (nSPS) is 24.7. The third-order valence-electron chi connectivity index (χ3n) is 5.00. The molecule has 0 N–H and O–H groups in total. The van der Waals surface area contributed by atoms with Crippen LogP contribution in [0.5, 0.6) is 5.75 Å². The molecule has 0 saturated carbocycles. The third kappa shape index (κ3) is 3.57. The molecule has 4 rings (SSSR count). The molecule has 132 valence electrons. The van der Waals surface area contributed by atoms with Gasteiger partial charge in [-0.3, -0.25) is 4.79 Å². The van der Waals surface area contributed by atoms with Crippen molar-refractivity contribution < 1.29 is 17.9 Å². The Balaban J connectivity index is 1.76. The number of sulfonamides is 1. The van der Waals surface area contributed by atoms with E-state index in [2.05, 4.69) is 0 Å². The van der Waals surface area contributed by atoms with E-state index in [1.165, 1.54) is 10.6 Å². The van der Waals surface area contributed by atoms with Gasteiger partial charge in [0.1, 0.15) is 5.75 Å². The Morgan fingerprint density at radius 3 is 2.67 bits per heavy atom. The predicted octanol–water partition coefficient (Wildman–Crippen LogP) is 1.12. The van der Waals surface area contributed by atoms with Gasteiger partial charge in [-0.1, -0.05) is 18.2 Å². The fourth-order valence-electron chi connectivity index (χ4n) is 3.73. The Morgan fingerprint density at radius 1 is 1.21 bits per heavy atom. The van der Waals surface area contributed by atoms with E-state index in [1.54, 1.807) is 7.11 Å². The topological polar surface area (TPSA) is 66.9 Å². The van der Waals surface area contributed by atoms with Crippen molar-refractivity contribution in [3.05, 3.63) is 29.8 Å². The average Bonchev–Trinajstić information content (AvgIpc) is 2.87. The molecular formula is C17H24N2O4S. The minimum atomic E-state index is -3.22. The third-order valence-corrected chi connectivity index (χ3v) is 6.24. The Labute approximate surface area is 143 Å². The minimum absolute atomic E-state index is 0.0271. The lowest BCUT2D eigenvalue weighted by molar-refractivity contribution is -0.134. The highest BCUT2D eigenvalue weighted by molar-refractivity contribution is 7.88. The number of rotatable bonds is 4. The number of ether oxygens (including phenoxy) is 1. The Kier molecular flexibility index (Phi) is 4.83. The van der Waals surface area contributed by atoms with Crippen LogP contribution in [0.1, 0.15) is 18.4 Å². The number of nitrogens with zero attached hydrogens (tertiary/aromatic N) is 2. The van der Waals surface area contributed by atoms with Crippen molar-refractivity contribution in [1.29, 1.82) is 0 Å². The van der Waals surface area contributed by atoms with Crippen LogP contribution in [0, 0.1) is 5.92 Å². The van der Waals surface area contributed by atoms with E-state index >= 15 is 0 Å². The second-order valence-electron chi connectivity index (χ2n) is 6.71. The van der Waals surface area contributed by atoms with Gasteiger partial charge in [0.15, 0.2) is 0 Å². The Hall–Kier alpha value is -1.60. The van der Waals surface area contributed by atoms with E-state index in [9.17, 15) is 13.2 Å². The highest BCUT2D eigenvalue weighted by atomic mass is 32.2. The summed E-state index contributed by atoms with van der Waals surface area (Å²) in [6.07, 6.45) is 3.38. The van der Waals surface area contributed by atoms with Gasteiger partial charge in [-0.2, -0.15) is 4.31 Å². The zero-order valence-corrected chi connectivity index (χ0v) is 15.0. The number of piperidine rings is 1. The second kappa shape index (κ2) is 6.72. The van der Waals surface area contributed by atoms with Crippen LogP contribution >= 0.6 is 0 Å². The van der Waals surface area contributed by atoms with Gasteiger partial charge in [0.2, 0.25) is 15.9 Å². The molecular weight excluding hydrogens is 328 g/mol. The molecule has 0 aromatic heterocycles. The summed E-state index contributed by atoms with van der Waals surface area (Å²) in [5, 5.41) is 0. The molecule has 2 bridgehead atoms.